The predicted octanol–water partition coefficient (Wildman–Crippen LogP) is 10.8. The number of aromatic nitrogens is 4. The smallest absolute Gasteiger partial charge is 0.164 e. The molecule has 4 heterocycles. The summed E-state index contributed by atoms with van der Waals surface area (Å²) in [6.07, 6.45) is 10.2. The van der Waals surface area contributed by atoms with Crippen LogP contribution in [-0.4, -0.2) is 19.9 Å². The number of benzene rings is 5. The van der Waals surface area contributed by atoms with Gasteiger partial charge in [-0.1, -0.05) is 72.8 Å². The van der Waals surface area contributed by atoms with Crippen molar-refractivity contribution < 1.29 is 8.83 Å². The Bertz CT molecular complexity index is 2780. The minimum atomic E-state index is 0.577. The normalized spacial score (nSPS) is 13.9. The summed E-state index contributed by atoms with van der Waals surface area (Å²) in [4.78, 5) is 20.0. The number of allylic oxidation sites excluding steroid dienone is 4. The first-order chi connectivity index (χ1) is 23.8. The van der Waals surface area contributed by atoms with Crippen LogP contribution in [0, 0.1) is 0 Å². The van der Waals surface area contributed by atoms with Gasteiger partial charge in [0.25, 0.3) is 0 Å². The molecule has 224 valence electrons. The molecule has 11 rings (SSSR count). The molecule has 0 aliphatic heterocycles. The molecule has 6 heteroatoms. The van der Waals surface area contributed by atoms with Crippen molar-refractivity contribution in [1.82, 2.24) is 19.9 Å². The SMILES string of the molecule is C1=CC2=C(CC1)c1cccc3cc(-c4nc(-c5cccc6oc7ccccc7c56)nc(-c5cccc6oc7cnccc7c56)n4)cc2c13. The Kier molecular flexibility index (Phi) is 5.13. The van der Waals surface area contributed by atoms with E-state index >= 15 is 0 Å². The third-order valence-corrected chi connectivity index (χ3v) is 9.84. The van der Waals surface area contributed by atoms with E-state index in [0.29, 0.717) is 17.5 Å². The number of hydrogen-bond acceptors (Lipinski definition) is 6. The third kappa shape index (κ3) is 3.57. The van der Waals surface area contributed by atoms with Crippen LogP contribution in [0.15, 0.2) is 130 Å². The van der Waals surface area contributed by atoms with Gasteiger partial charge in [0.15, 0.2) is 23.1 Å². The van der Waals surface area contributed by atoms with Gasteiger partial charge in [-0.25, -0.2) is 15.0 Å². The molecule has 5 aromatic carbocycles. The highest BCUT2D eigenvalue weighted by Crippen LogP contribution is 2.48. The van der Waals surface area contributed by atoms with Gasteiger partial charge in [-0.15, -0.1) is 0 Å². The van der Waals surface area contributed by atoms with Crippen molar-refractivity contribution in [3.63, 3.8) is 0 Å². The summed E-state index contributed by atoms with van der Waals surface area (Å²) in [6.45, 7) is 0. The fourth-order valence-electron chi connectivity index (χ4n) is 7.79. The predicted molar refractivity (Wildman–Crippen MR) is 191 cm³/mol. The zero-order chi connectivity index (χ0) is 31.3. The lowest BCUT2D eigenvalue weighted by atomic mass is 9.95. The van der Waals surface area contributed by atoms with Gasteiger partial charge in [0.2, 0.25) is 0 Å². The number of fused-ring (bicyclic) bond motifs is 8. The first-order valence-electron chi connectivity index (χ1n) is 16.2. The second-order valence-corrected chi connectivity index (χ2v) is 12.5. The van der Waals surface area contributed by atoms with Crippen molar-refractivity contribution in [3.05, 3.63) is 133 Å². The Morgan fingerprint density at radius 3 is 2.06 bits per heavy atom. The summed E-state index contributed by atoms with van der Waals surface area (Å²) in [6, 6.07) is 33.3. The Balaban J connectivity index is 1.22. The molecule has 9 aromatic rings. The van der Waals surface area contributed by atoms with Crippen molar-refractivity contribution in [1.29, 1.82) is 0 Å². The monoisotopic (exact) mass is 616 g/mol. The molecule has 0 N–H and O–H groups in total. The maximum absolute atomic E-state index is 6.27. The van der Waals surface area contributed by atoms with Gasteiger partial charge in [0, 0.05) is 44.4 Å². The molecule has 0 spiro atoms. The number of pyridine rings is 1. The Morgan fingerprint density at radius 2 is 1.23 bits per heavy atom. The molecule has 2 aliphatic rings. The van der Waals surface area contributed by atoms with Crippen LogP contribution in [0.5, 0.6) is 0 Å². The molecular formula is C42H24N4O2. The van der Waals surface area contributed by atoms with Gasteiger partial charge in [-0.3, -0.25) is 4.98 Å². The van der Waals surface area contributed by atoms with E-state index in [4.69, 9.17) is 23.8 Å². The third-order valence-electron chi connectivity index (χ3n) is 9.84. The quantitative estimate of drug-likeness (QED) is 0.197. The van der Waals surface area contributed by atoms with Gasteiger partial charge in [0.05, 0.1) is 6.20 Å². The summed E-state index contributed by atoms with van der Waals surface area (Å²) in [7, 11) is 0. The van der Waals surface area contributed by atoms with Crippen LogP contribution in [0.4, 0.5) is 0 Å². The molecule has 0 fully saturated rings. The zero-order valence-electron chi connectivity index (χ0n) is 25.6. The lowest BCUT2D eigenvalue weighted by molar-refractivity contribution is 0.667. The maximum Gasteiger partial charge on any atom is 0.164 e. The summed E-state index contributed by atoms with van der Waals surface area (Å²) >= 11 is 0. The van der Waals surface area contributed by atoms with E-state index in [-0.39, 0.29) is 0 Å². The Labute approximate surface area is 273 Å². The molecule has 0 saturated heterocycles. The first kappa shape index (κ1) is 25.8. The van der Waals surface area contributed by atoms with Crippen molar-refractivity contribution >= 4 is 65.8 Å². The largest absolute Gasteiger partial charge is 0.456 e. The van der Waals surface area contributed by atoms with Gasteiger partial charge < -0.3 is 8.83 Å². The van der Waals surface area contributed by atoms with Gasteiger partial charge in [0.1, 0.15) is 16.7 Å². The lowest BCUT2D eigenvalue weighted by Gasteiger charge is -2.12. The zero-order valence-corrected chi connectivity index (χ0v) is 25.6. The van der Waals surface area contributed by atoms with Crippen molar-refractivity contribution in [3.8, 4) is 34.2 Å². The van der Waals surface area contributed by atoms with Crippen LogP contribution < -0.4 is 0 Å². The molecule has 0 bridgehead atoms. The molecule has 0 atom stereocenters. The standard InChI is InChI=1S/C42H24N4O2/c1-2-10-26-25(9-1)27-12-5-8-23-20-24(21-32(26)37(23)27)40-44-41(30-13-6-16-34-38(30)28-11-3-4-15-33(28)47-34)46-42(45-40)31-14-7-17-35-39(31)29-18-19-43-22-36(29)48-35/h2-8,10-22H,1,9H2. The number of hydrogen-bond donors (Lipinski definition) is 0. The average molecular weight is 617 g/mol. The molecule has 0 radical (unpaired) electrons. The fourth-order valence-corrected chi connectivity index (χ4v) is 7.79. The number of furan rings is 2. The minimum absolute atomic E-state index is 0.577. The summed E-state index contributed by atoms with van der Waals surface area (Å²) < 4.78 is 12.5. The van der Waals surface area contributed by atoms with Gasteiger partial charge in [-0.2, -0.15) is 0 Å². The first-order valence-corrected chi connectivity index (χ1v) is 16.2. The van der Waals surface area contributed by atoms with Crippen LogP contribution in [0.1, 0.15) is 24.0 Å². The Morgan fingerprint density at radius 1 is 0.542 bits per heavy atom. The maximum atomic E-state index is 6.27. The van der Waals surface area contributed by atoms with E-state index in [9.17, 15) is 0 Å². The highest BCUT2D eigenvalue weighted by atomic mass is 16.3. The highest BCUT2D eigenvalue weighted by molar-refractivity contribution is 6.17. The van der Waals surface area contributed by atoms with E-state index < -0.39 is 0 Å². The van der Waals surface area contributed by atoms with Crippen LogP contribution >= 0.6 is 0 Å². The highest BCUT2D eigenvalue weighted by Gasteiger charge is 2.26. The number of rotatable bonds is 3. The molecule has 0 saturated carbocycles. The minimum Gasteiger partial charge on any atom is -0.456 e. The second-order valence-electron chi connectivity index (χ2n) is 12.5. The molecule has 0 unspecified atom stereocenters. The summed E-state index contributed by atoms with van der Waals surface area (Å²) in [5, 5.41) is 6.43. The Hall–Kier alpha value is -6.40. The number of nitrogens with zero attached hydrogens (tertiary/aromatic N) is 4. The average Bonchev–Trinajstić information content (AvgIpc) is 3.82. The van der Waals surface area contributed by atoms with Crippen molar-refractivity contribution in [2.45, 2.75) is 12.8 Å². The molecule has 6 nitrogen and oxygen atoms in total. The van der Waals surface area contributed by atoms with Crippen LogP contribution in [0.3, 0.4) is 0 Å². The van der Waals surface area contributed by atoms with E-state index in [1.807, 2.05) is 48.5 Å². The summed E-state index contributed by atoms with van der Waals surface area (Å²) in [5.41, 5.74) is 11.1. The van der Waals surface area contributed by atoms with Crippen LogP contribution in [-0.2, 0) is 0 Å². The summed E-state index contributed by atoms with van der Waals surface area (Å²) in [5.74, 6) is 1.78. The van der Waals surface area contributed by atoms with Crippen LogP contribution in [0.25, 0.3) is 100.0 Å². The van der Waals surface area contributed by atoms with E-state index in [2.05, 4.69) is 65.7 Å². The van der Waals surface area contributed by atoms with Gasteiger partial charge >= 0.3 is 0 Å². The van der Waals surface area contributed by atoms with E-state index in [0.717, 1.165) is 73.4 Å². The van der Waals surface area contributed by atoms with Gasteiger partial charge in [-0.05, 0) is 82.3 Å². The number of para-hydroxylation sites is 1. The van der Waals surface area contributed by atoms with Crippen molar-refractivity contribution in [2.75, 3.05) is 0 Å². The molecule has 0 amide bonds. The van der Waals surface area contributed by atoms with E-state index in [1.54, 1.807) is 12.4 Å². The van der Waals surface area contributed by atoms with Crippen molar-refractivity contribution in [2.24, 2.45) is 0 Å². The molecule has 4 aromatic heterocycles. The van der Waals surface area contributed by atoms with Crippen LogP contribution in [0.2, 0.25) is 0 Å². The molecule has 48 heavy (non-hydrogen) atoms. The lowest BCUT2D eigenvalue weighted by Crippen LogP contribution is -2.01. The second kappa shape index (κ2) is 9.56. The molecular weight excluding hydrogens is 592 g/mol. The topological polar surface area (TPSA) is 77.8 Å². The molecule has 2 aliphatic carbocycles. The fraction of sp³-hybridized carbons (Fsp3) is 0.0476. The van der Waals surface area contributed by atoms with E-state index in [1.165, 1.54) is 33.0 Å².